The highest BCUT2D eigenvalue weighted by Gasteiger charge is 2.40. The molecule has 1 saturated carbocycles. The van der Waals surface area contributed by atoms with Crippen LogP contribution in [0.5, 0.6) is 5.75 Å². The highest BCUT2D eigenvalue weighted by atomic mass is 32.1. The van der Waals surface area contributed by atoms with E-state index >= 15 is 0 Å². The number of hydrogen-bond acceptors (Lipinski definition) is 5. The second kappa shape index (κ2) is 7.39. The predicted molar refractivity (Wildman–Crippen MR) is 100 cm³/mol. The van der Waals surface area contributed by atoms with E-state index in [9.17, 15) is 9.90 Å². The van der Waals surface area contributed by atoms with E-state index < -0.39 is 5.97 Å². The quantitative estimate of drug-likeness (QED) is 0.814. The van der Waals surface area contributed by atoms with Crippen molar-refractivity contribution in [3.8, 4) is 16.9 Å². The monoisotopic (exact) mass is 373 g/mol. The number of nitrogens with zero attached hydrogens (tertiary/aromatic N) is 1. The minimum Gasteiger partial charge on any atom is -0.482 e. The summed E-state index contributed by atoms with van der Waals surface area (Å²) in [5.41, 5.74) is 3.28. The SMILES string of the molecule is O=C(O)COc1ccc(-c2ccsc2)cc1CN1C[C@H]2CC[C@@H](C1)C2O. The molecule has 4 rings (SSSR count). The molecule has 2 aliphatic rings. The zero-order valence-corrected chi connectivity index (χ0v) is 15.3. The molecule has 2 bridgehead atoms. The summed E-state index contributed by atoms with van der Waals surface area (Å²) >= 11 is 1.66. The first-order valence-electron chi connectivity index (χ1n) is 9.00. The molecule has 0 spiro atoms. The molecular formula is C20H23NO4S. The molecule has 2 fully saturated rings. The molecule has 1 aromatic carbocycles. The predicted octanol–water partition coefficient (Wildman–Crippen LogP) is 3.08. The summed E-state index contributed by atoms with van der Waals surface area (Å²) in [5.74, 6) is 0.372. The van der Waals surface area contributed by atoms with E-state index in [1.54, 1.807) is 11.3 Å². The van der Waals surface area contributed by atoms with Gasteiger partial charge in [-0.3, -0.25) is 4.90 Å². The van der Waals surface area contributed by atoms with Crippen molar-refractivity contribution in [2.75, 3.05) is 19.7 Å². The van der Waals surface area contributed by atoms with Crippen molar-refractivity contribution in [3.05, 3.63) is 40.6 Å². The smallest absolute Gasteiger partial charge is 0.341 e. The lowest BCUT2D eigenvalue weighted by Crippen LogP contribution is -2.44. The molecule has 26 heavy (non-hydrogen) atoms. The Labute approximate surface area is 156 Å². The fourth-order valence-electron chi connectivity index (χ4n) is 4.25. The fraction of sp³-hybridized carbons (Fsp3) is 0.450. The lowest BCUT2D eigenvalue weighted by Gasteiger charge is -2.35. The van der Waals surface area contributed by atoms with E-state index in [1.165, 1.54) is 0 Å². The number of fused-ring (bicyclic) bond motifs is 2. The molecule has 2 aromatic rings. The third kappa shape index (κ3) is 3.63. The molecule has 2 N–H and O–H groups in total. The lowest BCUT2D eigenvalue weighted by molar-refractivity contribution is -0.139. The van der Waals surface area contributed by atoms with E-state index in [0.717, 1.165) is 42.6 Å². The average molecular weight is 373 g/mol. The fourth-order valence-corrected chi connectivity index (χ4v) is 4.92. The molecule has 1 aromatic heterocycles. The Morgan fingerprint density at radius 2 is 1.96 bits per heavy atom. The number of hydrogen-bond donors (Lipinski definition) is 2. The van der Waals surface area contributed by atoms with Crippen LogP contribution >= 0.6 is 11.3 Å². The number of aliphatic hydroxyl groups is 1. The van der Waals surface area contributed by atoms with Crippen LogP contribution in [0, 0.1) is 11.8 Å². The maximum atomic E-state index is 10.9. The van der Waals surface area contributed by atoms with Gasteiger partial charge in [-0.05, 0) is 64.8 Å². The number of thiophene rings is 1. The van der Waals surface area contributed by atoms with Gasteiger partial charge >= 0.3 is 5.97 Å². The Kier molecular flexibility index (Phi) is 4.98. The zero-order valence-electron chi connectivity index (χ0n) is 14.5. The standard InChI is InChI=1S/C20H23NO4S/c22-19(23)11-25-18-4-3-13(16-5-6-26-12-16)7-17(18)10-21-8-14-1-2-15(9-21)20(14)24/h3-7,12,14-15,20,24H,1-2,8-11H2,(H,22,23)/t14-,15+,20?. The Morgan fingerprint density at radius 3 is 2.62 bits per heavy atom. The maximum Gasteiger partial charge on any atom is 0.341 e. The van der Waals surface area contributed by atoms with Crippen LogP contribution in [0.25, 0.3) is 11.1 Å². The van der Waals surface area contributed by atoms with Crippen molar-refractivity contribution in [3.63, 3.8) is 0 Å². The first-order chi connectivity index (χ1) is 12.6. The van der Waals surface area contributed by atoms with Gasteiger partial charge in [-0.2, -0.15) is 11.3 Å². The van der Waals surface area contributed by atoms with Crippen LogP contribution in [0.3, 0.4) is 0 Å². The molecule has 0 amide bonds. The van der Waals surface area contributed by atoms with Crippen LogP contribution in [0.1, 0.15) is 18.4 Å². The molecule has 1 aliphatic carbocycles. The summed E-state index contributed by atoms with van der Waals surface area (Å²) in [6.45, 7) is 2.15. The number of ether oxygens (including phenoxy) is 1. The number of aliphatic hydroxyl groups excluding tert-OH is 1. The second-order valence-corrected chi connectivity index (χ2v) is 8.08. The van der Waals surface area contributed by atoms with Gasteiger partial charge in [0.25, 0.3) is 0 Å². The highest BCUT2D eigenvalue weighted by molar-refractivity contribution is 7.08. The van der Waals surface area contributed by atoms with E-state index in [2.05, 4.69) is 22.4 Å². The van der Waals surface area contributed by atoms with Crippen molar-refractivity contribution < 1.29 is 19.7 Å². The van der Waals surface area contributed by atoms with Crippen LogP contribution in [0.15, 0.2) is 35.0 Å². The van der Waals surface area contributed by atoms with Crippen LogP contribution in [-0.2, 0) is 11.3 Å². The number of carboxylic acid groups (broad SMARTS) is 1. The number of carbonyl (C=O) groups is 1. The molecule has 2 heterocycles. The number of likely N-dealkylation sites (tertiary alicyclic amines) is 1. The summed E-state index contributed by atoms with van der Waals surface area (Å²) in [5, 5.41) is 23.3. The van der Waals surface area contributed by atoms with E-state index in [4.69, 9.17) is 9.84 Å². The summed E-state index contributed by atoms with van der Waals surface area (Å²) in [7, 11) is 0. The number of piperidine rings is 1. The minimum atomic E-state index is -0.975. The van der Waals surface area contributed by atoms with E-state index in [0.29, 0.717) is 24.1 Å². The Bertz CT molecular complexity index is 762. The van der Waals surface area contributed by atoms with Crippen molar-refractivity contribution >= 4 is 17.3 Å². The molecule has 3 atom stereocenters. The van der Waals surface area contributed by atoms with E-state index in [1.807, 2.05) is 17.5 Å². The van der Waals surface area contributed by atoms with Crippen LogP contribution in [0.2, 0.25) is 0 Å². The van der Waals surface area contributed by atoms with E-state index in [-0.39, 0.29) is 12.7 Å². The molecule has 1 unspecified atom stereocenters. The van der Waals surface area contributed by atoms with Crippen LogP contribution in [0.4, 0.5) is 0 Å². The normalized spacial score (nSPS) is 25.3. The van der Waals surface area contributed by atoms with Crippen molar-refractivity contribution in [1.82, 2.24) is 4.90 Å². The summed E-state index contributed by atoms with van der Waals surface area (Å²) in [6.07, 6.45) is 2.03. The Hall–Kier alpha value is -1.89. The Balaban J connectivity index is 1.57. The second-order valence-electron chi connectivity index (χ2n) is 7.30. The number of aliphatic carboxylic acids is 1. The molecule has 6 heteroatoms. The van der Waals surface area contributed by atoms with Gasteiger partial charge in [0.15, 0.2) is 6.61 Å². The van der Waals surface area contributed by atoms with Crippen molar-refractivity contribution in [1.29, 1.82) is 0 Å². The lowest BCUT2D eigenvalue weighted by atomic mass is 9.94. The van der Waals surface area contributed by atoms with Gasteiger partial charge in [-0.15, -0.1) is 0 Å². The van der Waals surface area contributed by atoms with Crippen LogP contribution < -0.4 is 4.74 Å². The topological polar surface area (TPSA) is 70.0 Å². The summed E-state index contributed by atoms with van der Waals surface area (Å²) in [6, 6.07) is 8.04. The largest absolute Gasteiger partial charge is 0.482 e. The summed E-state index contributed by atoms with van der Waals surface area (Å²) in [4.78, 5) is 13.3. The maximum absolute atomic E-state index is 10.9. The average Bonchev–Trinajstić information content (AvgIpc) is 3.21. The molecule has 1 aliphatic heterocycles. The van der Waals surface area contributed by atoms with Gasteiger partial charge in [-0.1, -0.05) is 6.07 Å². The third-order valence-corrected chi connectivity index (χ3v) is 6.20. The Morgan fingerprint density at radius 1 is 1.19 bits per heavy atom. The molecule has 138 valence electrons. The van der Waals surface area contributed by atoms with Crippen LogP contribution in [-0.4, -0.2) is 46.9 Å². The van der Waals surface area contributed by atoms with Crippen molar-refractivity contribution in [2.24, 2.45) is 11.8 Å². The number of rotatable bonds is 6. The molecule has 0 radical (unpaired) electrons. The number of carboxylic acids is 1. The first-order valence-corrected chi connectivity index (χ1v) is 9.95. The molecule has 1 saturated heterocycles. The molecular weight excluding hydrogens is 350 g/mol. The molecule has 5 nitrogen and oxygen atoms in total. The van der Waals surface area contributed by atoms with Crippen molar-refractivity contribution in [2.45, 2.75) is 25.5 Å². The van der Waals surface area contributed by atoms with Gasteiger partial charge in [-0.25, -0.2) is 4.79 Å². The van der Waals surface area contributed by atoms with Gasteiger partial charge in [0.1, 0.15) is 5.75 Å². The van der Waals surface area contributed by atoms with Gasteiger partial charge in [0, 0.05) is 25.2 Å². The number of benzene rings is 1. The summed E-state index contributed by atoms with van der Waals surface area (Å²) < 4.78 is 5.53. The minimum absolute atomic E-state index is 0.161. The first kappa shape index (κ1) is 17.5. The van der Waals surface area contributed by atoms with Gasteiger partial charge in [0.05, 0.1) is 6.10 Å². The third-order valence-electron chi connectivity index (χ3n) is 5.52. The van der Waals surface area contributed by atoms with Gasteiger partial charge < -0.3 is 14.9 Å². The van der Waals surface area contributed by atoms with Gasteiger partial charge in [0.2, 0.25) is 0 Å². The highest BCUT2D eigenvalue weighted by Crippen LogP contribution is 2.38. The zero-order chi connectivity index (χ0) is 18.1.